The van der Waals surface area contributed by atoms with Crippen LogP contribution in [0.1, 0.15) is 6.92 Å². The van der Waals surface area contributed by atoms with Crippen molar-refractivity contribution in [1.29, 1.82) is 0 Å². The second kappa shape index (κ2) is 7.38. The van der Waals surface area contributed by atoms with Gasteiger partial charge in [0.15, 0.2) is 0 Å². The molecule has 0 saturated carbocycles. The van der Waals surface area contributed by atoms with E-state index >= 15 is 0 Å². The van der Waals surface area contributed by atoms with Crippen molar-refractivity contribution in [2.24, 2.45) is 0 Å². The van der Waals surface area contributed by atoms with Crippen LogP contribution in [0.3, 0.4) is 0 Å². The molecular weight excluding hydrogens is 148 g/mol. The summed E-state index contributed by atoms with van der Waals surface area (Å²) >= 11 is 1.80. The summed E-state index contributed by atoms with van der Waals surface area (Å²) in [5.41, 5.74) is 0. The minimum absolute atomic E-state index is 0.233. The van der Waals surface area contributed by atoms with Gasteiger partial charge in [-0.3, -0.25) is 0 Å². The number of hydrogen-bond acceptors (Lipinski definition) is 3. The highest BCUT2D eigenvalue weighted by Gasteiger charge is 1.98. The molecule has 0 aliphatic carbocycles. The lowest BCUT2D eigenvalue weighted by Gasteiger charge is -2.10. The molecule has 10 heavy (non-hydrogen) atoms. The zero-order chi connectivity index (χ0) is 7.82. The van der Waals surface area contributed by atoms with Crippen LogP contribution in [-0.4, -0.2) is 38.4 Å². The lowest BCUT2D eigenvalue weighted by atomic mass is 10.4. The lowest BCUT2D eigenvalue weighted by molar-refractivity contribution is 0.0168. The van der Waals surface area contributed by atoms with Gasteiger partial charge in [-0.2, -0.15) is 11.8 Å². The fraction of sp³-hybridized carbons (Fsp3) is 1.00. The lowest BCUT2D eigenvalue weighted by Crippen LogP contribution is -2.16. The third-order valence-electron chi connectivity index (χ3n) is 1.09. The molecule has 1 unspecified atom stereocenters. The fourth-order valence-electron chi connectivity index (χ4n) is 0.615. The topological polar surface area (TPSA) is 18.5 Å². The summed E-state index contributed by atoms with van der Waals surface area (Å²) in [5, 5.41) is 0. The highest BCUT2D eigenvalue weighted by molar-refractivity contribution is 7.98. The molecule has 62 valence electrons. The average Bonchev–Trinajstić information content (AvgIpc) is 1.89. The second-order valence-corrected chi connectivity index (χ2v) is 3.12. The van der Waals surface area contributed by atoms with E-state index in [1.54, 1.807) is 18.9 Å². The molecule has 0 saturated heterocycles. The van der Waals surface area contributed by atoms with Crippen LogP contribution < -0.4 is 0 Å². The zero-order valence-electron chi connectivity index (χ0n) is 6.92. The molecule has 0 spiro atoms. The number of methoxy groups -OCH3 is 1. The van der Waals surface area contributed by atoms with Crippen LogP contribution >= 0.6 is 11.8 Å². The van der Waals surface area contributed by atoms with E-state index in [0.29, 0.717) is 6.61 Å². The first-order chi connectivity index (χ1) is 4.81. The Bertz CT molecular complexity index is 68.6. The molecule has 0 heterocycles. The van der Waals surface area contributed by atoms with Crippen LogP contribution in [-0.2, 0) is 9.47 Å². The molecule has 0 amide bonds. The van der Waals surface area contributed by atoms with Gasteiger partial charge in [0, 0.05) is 12.9 Å². The van der Waals surface area contributed by atoms with Gasteiger partial charge in [-0.05, 0) is 13.2 Å². The third-order valence-corrected chi connectivity index (χ3v) is 1.67. The van der Waals surface area contributed by atoms with Gasteiger partial charge in [-0.25, -0.2) is 0 Å². The Morgan fingerprint density at radius 1 is 1.50 bits per heavy atom. The maximum Gasteiger partial charge on any atom is 0.0780 e. The van der Waals surface area contributed by atoms with E-state index in [4.69, 9.17) is 9.47 Å². The summed E-state index contributed by atoms with van der Waals surface area (Å²) in [7, 11) is 1.69. The summed E-state index contributed by atoms with van der Waals surface area (Å²) in [5.74, 6) is 1.06. The van der Waals surface area contributed by atoms with Crippen LogP contribution in [0.4, 0.5) is 0 Å². The molecule has 0 N–H and O–H groups in total. The minimum Gasteiger partial charge on any atom is -0.382 e. The quantitative estimate of drug-likeness (QED) is 0.553. The van der Waals surface area contributed by atoms with Gasteiger partial charge < -0.3 is 9.47 Å². The van der Waals surface area contributed by atoms with E-state index < -0.39 is 0 Å². The van der Waals surface area contributed by atoms with Crippen LogP contribution in [0, 0.1) is 0 Å². The SMILES string of the molecule is COCC(C)OCCSC. The molecule has 0 aromatic carbocycles. The summed E-state index contributed by atoms with van der Waals surface area (Å²) in [4.78, 5) is 0. The maximum absolute atomic E-state index is 5.38. The molecule has 0 fully saturated rings. The van der Waals surface area contributed by atoms with E-state index in [1.807, 2.05) is 6.92 Å². The largest absolute Gasteiger partial charge is 0.382 e. The van der Waals surface area contributed by atoms with E-state index in [-0.39, 0.29) is 6.10 Å². The minimum atomic E-state index is 0.233. The van der Waals surface area contributed by atoms with Gasteiger partial charge in [-0.1, -0.05) is 0 Å². The van der Waals surface area contributed by atoms with Gasteiger partial charge in [0.25, 0.3) is 0 Å². The summed E-state index contributed by atoms with van der Waals surface area (Å²) < 4.78 is 10.3. The molecule has 2 nitrogen and oxygen atoms in total. The van der Waals surface area contributed by atoms with E-state index in [0.717, 1.165) is 12.4 Å². The first-order valence-corrected chi connectivity index (χ1v) is 4.80. The van der Waals surface area contributed by atoms with Crippen molar-refractivity contribution in [2.75, 3.05) is 32.3 Å². The zero-order valence-corrected chi connectivity index (χ0v) is 7.74. The van der Waals surface area contributed by atoms with Crippen molar-refractivity contribution in [3.63, 3.8) is 0 Å². The van der Waals surface area contributed by atoms with Gasteiger partial charge in [-0.15, -0.1) is 0 Å². The van der Waals surface area contributed by atoms with Crippen LogP contribution in [0.15, 0.2) is 0 Å². The molecule has 0 rings (SSSR count). The summed E-state index contributed by atoms with van der Waals surface area (Å²) in [6.45, 7) is 3.53. The standard InChI is InChI=1S/C7H16O2S/c1-7(6-8-2)9-4-5-10-3/h7H,4-6H2,1-3H3. The number of rotatable bonds is 6. The van der Waals surface area contributed by atoms with Gasteiger partial charge in [0.05, 0.1) is 19.3 Å². The third kappa shape index (κ3) is 6.39. The van der Waals surface area contributed by atoms with Crippen molar-refractivity contribution in [3.8, 4) is 0 Å². The van der Waals surface area contributed by atoms with E-state index in [2.05, 4.69) is 6.26 Å². The Kier molecular flexibility index (Phi) is 7.58. The Labute approximate surface area is 67.3 Å². The Morgan fingerprint density at radius 2 is 2.20 bits per heavy atom. The van der Waals surface area contributed by atoms with Gasteiger partial charge >= 0.3 is 0 Å². The number of thioether (sulfide) groups is 1. The van der Waals surface area contributed by atoms with Crippen molar-refractivity contribution < 1.29 is 9.47 Å². The first-order valence-electron chi connectivity index (χ1n) is 3.40. The van der Waals surface area contributed by atoms with Crippen LogP contribution in [0.5, 0.6) is 0 Å². The predicted octanol–water partition coefficient (Wildman–Crippen LogP) is 1.40. The molecule has 0 aromatic heterocycles. The molecule has 3 heteroatoms. The Morgan fingerprint density at radius 3 is 2.70 bits per heavy atom. The average molecular weight is 164 g/mol. The smallest absolute Gasteiger partial charge is 0.0780 e. The molecule has 1 atom stereocenters. The van der Waals surface area contributed by atoms with Crippen molar-refractivity contribution >= 4 is 11.8 Å². The monoisotopic (exact) mass is 164 g/mol. The normalized spacial score (nSPS) is 13.5. The molecule has 0 radical (unpaired) electrons. The van der Waals surface area contributed by atoms with Gasteiger partial charge in [0.2, 0.25) is 0 Å². The Balaban J connectivity index is 2.97. The molecule has 0 aromatic rings. The van der Waals surface area contributed by atoms with Crippen LogP contribution in [0.2, 0.25) is 0 Å². The number of hydrogen-bond donors (Lipinski definition) is 0. The summed E-state index contributed by atoms with van der Waals surface area (Å²) in [6.07, 6.45) is 2.31. The predicted molar refractivity (Wildman–Crippen MR) is 45.7 cm³/mol. The van der Waals surface area contributed by atoms with Gasteiger partial charge in [0.1, 0.15) is 0 Å². The fourth-order valence-corrected chi connectivity index (χ4v) is 0.878. The van der Waals surface area contributed by atoms with E-state index in [9.17, 15) is 0 Å². The molecule has 0 aliphatic heterocycles. The molecular formula is C7H16O2S. The number of ether oxygens (including phenoxy) is 2. The molecule has 0 aliphatic rings. The highest BCUT2D eigenvalue weighted by atomic mass is 32.2. The maximum atomic E-state index is 5.38. The summed E-state index contributed by atoms with van der Waals surface area (Å²) in [6, 6.07) is 0. The van der Waals surface area contributed by atoms with Crippen molar-refractivity contribution in [2.45, 2.75) is 13.0 Å². The Hall–Kier alpha value is 0.270. The van der Waals surface area contributed by atoms with Crippen LogP contribution in [0.25, 0.3) is 0 Å². The second-order valence-electron chi connectivity index (χ2n) is 2.13. The highest BCUT2D eigenvalue weighted by Crippen LogP contribution is 1.95. The molecule has 0 bridgehead atoms. The van der Waals surface area contributed by atoms with E-state index in [1.165, 1.54) is 0 Å². The first kappa shape index (κ1) is 10.3. The van der Waals surface area contributed by atoms with Crippen molar-refractivity contribution in [3.05, 3.63) is 0 Å². The van der Waals surface area contributed by atoms with Crippen molar-refractivity contribution in [1.82, 2.24) is 0 Å².